The molecule has 0 saturated carbocycles. The van der Waals surface area contributed by atoms with E-state index in [0.717, 1.165) is 36.8 Å². The van der Waals surface area contributed by atoms with Gasteiger partial charge in [0.1, 0.15) is 0 Å². The van der Waals surface area contributed by atoms with Crippen LogP contribution in [0.4, 0.5) is 0 Å². The molecule has 0 N–H and O–H groups in total. The number of rotatable bonds is 11. The Bertz CT molecular complexity index is 324. The van der Waals surface area contributed by atoms with Gasteiger partial charge in [-0.15, -0.1) is 0 Å². The van der Waals surface area contributed by atoms with Gasteiger partial charge >= 0.3 is 5.97 Å². The van der Waals surface area contributed by atoms with Gasteiger partial charge in [0.25, 0.3) is 0 Å². The molecule has 0 aliphatic rings. The number of esters is 1. The van der Waals surface area contributed by atoms with Gasteiger partial charge in [-0.1, -0.05) is 6.08 Å². The van der Waals surface area contributed by atoms with Crippen molar-refractivity contribution in [2.24, 2.45) is 0 Å². The van der Waals surface area contributed by atoms with Crippen LogP contribution >= 0.6 is 0 Å². The van der Waals surface area contributed by atoms with Crippen molar-refractivity contribution in [1.82, 2.24) is 0 Å². The molecule has 0 aromatic carbocycles. The zero-order chi connectivity index (χ0) is 15.4. The molecule has 0 aliphatic heterocycles. The number of hydrogen-bond donors (Lipinski definition) is 0. The molecule has 5 heteroatoms. The Morgan fingerprint density at radius 2 is 1.75 bits per heavy atom. The van der Waals surface area contributed by atoms with Gasteiger partial charge in [-0.25, -0.2) is 4.79 Å². The van der Waals surface area contributed by atoms with Crippen LogP contribution in [0.1, 0.15) is 39.0 Å². The molecule has 116 valence electrons. The second-order valence-corrected chi connectivity index (χ2v) is 5.59. The Kier molecular flexibility index (Phi) is 9.72. The third-order valence-electron chi connectivity index (χ3n) is 3.10. The summed E-state index contributed by atoms with van der Waals surface area (Å²) < 4.78 is 5.89. The van der Waals surface area contributed by atoms with E-state index in [-0.39, 0.29) is 12.4 Å². The molecule has 0 fully saturated rings. The molecule has 0 heterocycles. The van der Waals surface area contributed by atoms with Gasteiger partial charge in [-0.3, -0.25) is 0 Å². The highest BCUT2D eigenvalue weighted by Crippen LogP contribution is 2.06. The standard InChI is InChI=1S/C15H27NO4/c1-4-9-15(19)20-13-8-12-16(2,3)11-7-5-6-10-14(17)18/h4,9H,5-8,10-13H2,1-3H3. The molecule has 0 aromatic rings. The fraction of sp³-hybridized carbons (Fsp3) is 0.733. The summed E-state index contributed by atoms with van der Waals surface area (Å²) in [6.07, 6.45) is 6.64. The van der Waals surface area contributed by atoms with Crippen molar-refractivity contribution >= 4 is 11.9 Å². The maximum Gasteiger partial charge on any atom is 0.330 e. The first kappa shape index (κ1) is 18.6. The van der Waals surface area contributed by atoms with E-state index in [0.29, 0.717) is 13.0 Å². The van der Waals surface area contributed by atoms with Crippen LogP contribution in [0.5, 0.6) is 0 Å². The first-order chi connectivity index (χ1) is 9.37. The summed E-state index contributed by atoms with van der Waals surface area (Å²) in [7, 11) is 4.26. The molecular formula is C15H27NO4. The summed E-state index contributed by atoms with van der Waals surface area (Å²) in [6, 6.07) is 0. The first-order valence-corrected chi connectivity index (χ1v) is 7.18. The Balaban J connectivity index is 3.63. The minimum atomic E-state index is -0.971. The molecule has 0 radical (unpaired) electrons. The van der Waals surface area contributed by atoms with Crippen molar-refractivity contribution in [3.05, 3.63) is 12.2 Å². The molecule has 0 rings (SSSR count). The van der Waals surface area contributed by atoms with Gasteiger partial charge in [0.05, 0.1) is 33.8 Å². The lowest BCUT2D eigenvalue weighted by Crippen LogP contribution is -2.41. The zero-order valence-electron chi connectivity index (χ0n) is 12.9. The fourth-order valence-electron chi connectivity index (χ4n) is 1.95. The van der Waals surface area contributed by atoms with E-state index in [4.69, 9.17) is 4.74 Å². The topological polar surface area (TPSA) is 66.4 Å². The summed E-state index contributed by atoms with van der Waals surface area (Å²) in [5.74, 6) is -1.26. The molecule has 0 bridgehead atoms. The average molecular weight is 285 g/mol. The van der Waals surface area contributed by atoms with Crippen LogP contribution in [0, 0.1) is 0 Å². The summed E-state index contributed by atoms with van der Waals surface area (Å²) in [4.78, 5) is 21.4. The maximum absolute atomic E-state index is 11.1. The normalized spacial score (nSPS) is 11.8. The van der Waals surface area contributed by atoms with Crippen molar-refractivity contribution in [2.45, 2.75) is 39.0 Å². The quantitative estimate of drug-likeness (QED) is 0.245. The molecule has 0 amide bonds. The molecule has 0 aliphatic carbocycles. The minimum absolute atomic E-state index is 0.147. The van der Waals surface area contributed by atoms with Crippen LogP contribution in [0.3, 0.4) is 0 Å². The van der Waals surface area contributed by atoms with E-state index in [1.165, 1.54) is 6.08 Å². The number of unbranched alkanes of at least 4 members (excludes halogenated alkanes) is 2. The van der Waals surface area contributed by atoms with Gasteiger partial charge in [-0.2, -0.15) is 0 Å². The van der Waals surface area contributed by atoms with Crippen LogP contribution in [-0.2, 0) is 14.3 Å². The summed E-state index contributed by atoms with van der Waals surface area (Å²) in [6.45, 7) is 4.15. The number of ether oxygens (including phenoxy) is 1. The minimum Gasteiger partial charge on any atom is -0.550 e. The maximum atomic E-state index is 11.1. The summed E-state index contributed by atoms with van der Waals surface area (Å²) in [5, 5.41) is 10.3. The van der Waals surface area contributed by atoms with E-state index in [2.05, 4.69) is 14.1 Å². The van der Waals surface area contributed by atoms with Crippen LogP contribution < -0.4 is 5.11 Å². The van der Waals surface area contributed by atoms with Crippen molar-refractivity contribution in [2.75, 3.05) is 33.8 Å². The number of nitrogens with zero attached hydrogens (tertiary/aromatic N) is 1. The number of carbonyl (C=O) groups excluding carboxylic acids is 2. The summed E-state index contributed by atoms with van der Waals surface area (Å²) in [5.41, 5.74) is 0. The number of quaternary nitrogens is 1. The molecule has 0 aromatic heterocycles. The zero-order valence-corrected chi connectivity index (χ0v) is 12.9. The number of aliphatic carboxylic acids is 1. The Morgan fingerprint density at radius 1 is 1.10 bits per heavy atom. The average Bonchev–Trinajstić information content (AvgIpc) is 2.34. The monoisotopic (exact) mass is 285 g/mol. The van der Waals surface area contributed by atoms with Crippen LogP contribution in [0.2, 0.25) is 0 Å². The predicted molar refractivity (Wildman–Crippen MR) is 75.7 cm³/mol. The van der Waals surface area contributed by atoms with Crippen molar-refractivity contribution in [1.29, 1.82) is 0 Å². The SMILES string of the molecule is CC=CC(=O)OCCC[N+](C)(C)CCCCCC(=O)[O-]. The number of carboxylic acid groups (broad SMARTS) is 1. The molecule has 0 spiro atoms. The third kappa shape index (κ3) is 11.7. The third-order valence-corrected chi connectivity index (χ3v) is 3.10. The first-order valence-electron chi connectivity index (χ1n) is 7.18. The predicted octanol–water partition coefficient (Wildman–Crippen LogP) is 0.883. The largest absolute Gasteiger partial charge is 0.550 e. The van der Waals surface area contributed by atoms with Crippen molar-refractivity contribution in [3.8, 4) is 0 Å². The molecule has 0 unspecified atom stereocenters. The number of carboxylic acids is 1. The van der Waals surface area contributed by atoms with Gasteiger partial charge in [0.2, 0.25) is 0 Å². The Labute approximate surface area is 121 Å². The Hall–Kier alpha value is -1.36. The fourth-order valence-corrected chi connectivity index (χ4v) is 1.95. The van der Waals surface area contributed by atoms with E-state index < -0.39 is 5.97 Å². The highest BCUT2D eigenvalue weighted by Gasteiger charge is 2.14. The summed E-state index contributed by atoms with van der Waals surface area (Å²) >= 11 is 0. The van der Waals surface area contributed by atoms with E-state index in [9.17, 15) is 14.7 Å². The smallest absolute Gasteiger partial charge is 0.330 e. The van der Waals surface area contributed by atoms with Gasteiger partial charge < -0.3 is 19.1 Å². The number of carbonyl (C=O) groups is 2. The molecule has 0 atom stereocenters. The lowest BCUT2D eigenvalue weighted by Gasteiger charge is -2.29. The van der Waals surface area contributed by atoms with Crippen LogP contribution in [0.25, 0.3) is 0 Å². The van der Waals surface area contributed by atoms with E-state index in [1.807, 2.05) is 0 Å². The number of allylic oxidation sites excluding steroid dienone is 1. The molecule has 0 saturated heterocycles. The van der Waals surface area contributed by atoms with Gasteiger partial charge in [0, 0.05) is 18.5 Å². The lowest BCUT2D eigenvalue weighted by molar-refractivity contribution is -0.890. The Morgan fingerprint density at radius 3 is 2.35 bits per heavy atom. The second-order valence-electron chi connectivity index (χ2n) is 5.59. The number of hydrogen-bond acceptors (Lipinski definition) is 4. The van der Waals surface area contributed by atoms with E-state index in [1.54, 1.807) is 13.0 Å². The van der Waals surface area contributed by atoms with Crippen molar-refractivity contribution < 1.29 is 23.9 Å². The van der Waals surface area contributed by atoms with E-state index >= 15 is 0 Å². The van der Waals surface area contributed by atoms with Crippen LogP contribution in [0.15, 0.2) is 12.2 Å². The molecule has 20 heavy (non-hydrogen) atoms. The molecular weight excluding hydrogens is 258 g/mol. The van der Waals surface area contributed by atoms with Crippen LogP contribution in [-0.4, -0.2) is 50.2 Å². The van der Waals surface area contributed by atoms with Crippen molar-refractivity contribution in [3.63, 3.8) is 0 Å². The second kappa shape index (κ2) is 10.4. The highest BCUT2D eigenvalue weighted by atomic mass is 16.5. The van der Waals surface area contributed by atoms with Gasteiger partial charge in [-0.05, 0) is 32.6 Å². The highest BCUT2D eigenvalue weighted by molar-refractivity contribution is 5.81. The lowest BCUT2D eigenvalue weighted by atomic mass is 10.2. The van der Waals surface area contributed by atoms with Gasteiger partial charge in [0.15, 0.2) is 0 Å². The molecule has 5 nitrogen and oxygen atoms in total.